The van der Waals surface area contributed by atoms with Gasteiger partial charge in [-0.2, -0.15) is 0 Å². The third-order valence-electron chi connectivity index (χ3n) is 3.43. The van der Waals surface area contributed by atoms with Gasteiger partial charge in [-0.05, 0) is 18.4 Å². The van der Waals surface area contributed by atoms with E-state index in [4.69, 9.17) is 16.7 Å². The summed E-state index contributed by atoms with van der Waals surface area (Å²) in [7, 11) is 0. The van der Waals surface area contributed by atoms with E-state index in [-0.39, 0.29) is 18.2 Å². The van der Waals surface area contributed by atoms with Crippen LogP contribution in [0.5, 0.6) is 0 Å². The van der Waals surface area contributed by atoms with Crippen LogP contribution in [-0.2, 0) is 9.59 Å². The molecule has 5 nitrogen and oxygen atoms in total. The molecule has 2 N–H and O–H groups in total. The normalized spacial score (nSPS) is 12.2. The van der Waals surface area contributed by atoms with E-state index < -0.39 is 11.9 Å². The Bertz CT molecular complexity index is 730. The maximum Gasteiger partial charge on any atom is 0.304 e. The predicted molar refractivity (Wildman–Crippen MR) is 96.4 cm³/mol. The van der Waals surface area contributed by atoms with Gasteiger partial charge in [0.25, 0.3) is 0 Å². The molecule has 0 fully saturated rings. The van der Waals surface area contributed by atoms with Crippen LogP contribution >= 0.6 is 22.9 Å². The van der Waals surface area contributed by atoms with Gasteiger partial charge in [0.2, 0.25) is 5.91 Å². The van der Waals surface area contributed by atoms with Crippen LogP contribution in [0, 0.1) is 11.8 Å². The molecule has 1 heterocycles. The molecule has 0 aliphatic rings. The lowest BCUT2D eigenvalue weighted by Crippen LogP contribution is -2.26. The number of carbonyl (C=O) groups excluding carboxylic acids is 1. The molecule has 0 spiro atoms. The van der Waals surface area contributed by atoms with Crippen LogP contribution < -0.4 is 5.32 Å². The van der Waals surface area contributed by atoms with Crippen molar-refractivity contribution in [2.75, 3.05) is 5.32 Å². The van der Waals surface area contributed by atoms with Gasteiger partial charge in [0.1, 0.15) is 0 Å². The van der Waals surface area contributed by atoms with Crippen LogP contribution in [0.1, 0.15) is 26.7 Å². The van der Waals surface area contributed by atoms with Gasteiger partial charge >= 0.3 is 5.97 Å². The van der Waals surface area contributed by atoms with Gasteiger partial charge in [-0.15, -0.1) is 11.3 Å². The van der Waals surface area contributed by atoms with Gasteiger partial charge in [0, 0.05) is 21.9 Å². The lowest BCUT2D eigenvalue weighted by Gasteiger charge is -2.15. The van der Waals surface area contributed by atoms with Gasteiger partial charge in [-0.3, -0.25) is 9.59 Å². The number of carboxylic acids is 1. The van der Waals surface area contributed by atoms with Crippen LogP contribution in [0.25, 0.3) is 11.3 Å². The molecule has 0 aliphatic carbocycles. The molecule has 1 atom stereocenters. The largest absolute Gasteiger partial charge is 0.481 e. The molecule has 0 saturated carbocycles. The first kappa shape index (κ1) is 18.4. The average Bonchev–Trinajstić information content (AvgIpc) is 2.94. The summed E-state index contributed by atoms with van der Waals surface area (Å²) in [6.07, 6.45) is 0.327. The summed E-state index contributed by atoms with van der Waals surface area (Å²) in [5.74, 6) is -1.64. The minimum Gasteiger partial charge on any atom is -0.481 e. The number of hydrogen-bond acceptors (Lipinski definition) is 4. The quantitative estimate of drug-likeness (QED) is 0.753. The Morgan fingerprint density at radius 3 is 2.67 bits per heavy atom. The predicted octanol–water partition coefficient (Wildman–Crippen LogP) is 4.54. The van der Waals surface area contributed by atoms with E-state index in [1.807, 2.05) is 37.4 Å². The molecule has 128 valence electrons. The van der Waals surface area contributed by atoms with Crippen LogP contribution in [0.4, 0.5) is 5.13 Å². The van der Waals surface area contributed by atoms with Crippen molar-refractivity contribution in [3.8, 4) is 11.3 Å². The van der Waals surface area contributed by atoms with Gasteiger partial charge in [0.05, 0.1) is 12.1 Å². The first-order chi connectivity index (χ1) is 11.4. The zero-order valence-electron chi connectivity index (χ0n) is 13.5. The van der Waals surface area contributed by atoms with Crippen molar-refractivity contribution in [3.63, 3.8) is 0 Å². The van der Waals surface area contributed by atoms with Crippen LogP contribution in [-0.4, -0.2) is 22.0 Å². The third-order valence-corrected chi connectivity index (χ3v) is 4.52. The number of aromatic nitrogens is 1. The van der Waals surface area contributed by atoms with Crippen molar-refractivity contribution in [2.45, 2.75) is 26.7 Å². The second-order valence-corrected chi connectivity index (χ2v) is 7.20. The van der Waals surface area contributed by atoms with Crippen molar-refractivity contribution in [3.05, 3.63) is 34.7 Å². The second kappa shape index (κ2) is 8.26. The number of nitrogens with zero attached hydrogens (tertiary/aromatic N) is 1. The van der Waals surface area contributed by atoms with E-state index >= 15 is 0 Å². The highest BCUT2D eigenvalue weighted by molar-refractivity contribution is 7.14. The highest BCUT2D eigenvalue weighted by Crippen LogP contribution is 2.30. The van der Waals surface area contributed by atoms with E-state index in [0.717, 1.165) is 5.56 Å². The highest BCUT2D eigenvalue weighted by Gasteiger charge is 2.23. The molecule has 7 heteroatoms. The fraction of sp³-hybridized carbons (Fsp3) is 0.353. The fourth-order valence-electron chi connectivity index (χ4n) is 2.39. The summed E-state index contributed by atoms with van der Waals surface area (Å²) in [4.78, 5) is 27.7. The Morgan fingerprint density at radius 1 is 1.33 bits per heavy atom. The zero-order valence-corrected chi connectivity index (χ0v) is 15.0. The van der Waals surface area contributed by atoms with Crippen LogP contribution in [0.15, 0.2) is 29.6 Å². The number of aliphatic carboxylic acids is 1. The minimum atomic E-state index is -0.980. The Labute approximate surface area is 149 Å². The monoisotopic (exact) mass is 366 g/mol. The number of carboxylic acid groups (broad SMARTS) is 1. The molecular formula is C17H19ClN2O3S. The average molecular weight is 367 g/mol. The molecule has 0 saturated heterocycles. The fourth-order valence-corrected chi connectivity index (χ4v) is 3.34. The first-order valence-electron chi connectivity index (χ1n) is 7.60. The summed E-state index contributed by atoms with van der Waals surface area (Å²) in [5, 5.41) is 14.5. The number of rotatable bonds is 7. The van der Waals surface area contributed by atoms with Crippen molar-refractivity contribution in [2.24, 2.45) is 11.8 Å². The van der Waals surface area contributed by atoms with E-state index in [2.05, 4.69) is 10.3 Å². The molecule has 0 aliphatic heterocycles. The Kier molecular flexibility index (Phi) is 6.34. The second-order valence-electron chi connectivity index (χ2n) is 5.93. The Balaban J connectivity index is 2.11. The number of carbonyl (C=O) groups is 2. The number of hydrogen-bond donors (Lipinski definition) is 2. The number of nitrogens with one attached hydrogen (secondary N) is 1. The summed E-state index contributed by atoms with van der Waals surface area (Å²) >= 11 is 7.44. The van der Waals surface area contributed by atoms with Gasteiger partial charge in [-0.25, -0.2) is 4.98 Å². The van der Waals surface area contributed by atoms with Gasteiger partial charge in [-0.1, -0.05) is 43.6 Å². The van der Waals surface area contributed by atoms with E-state index in [1.54, 1.807) is 6.07 Å². The highest BCUT2D eigenvalue weighted by atomic mass is 35.5. The minimum absolute atomic E-state index is 0.188. The number of amides is 1. The lowest BCUT2D eigenvalue weighted by atomic mass is 9.93. The van der Waals surface area contributed by atoms with Gasteiger partial charge in [0.15, 0.2) is 5.13 Å². The maximum atomic E-state index is 12.4. The molecule has 1 aromatic heterocycles. The van der Waals surface area contributed by atoms with Crippen molar-refractivity contribution in [1.29, 1.82) is 0 Å². The third kappa shape index (κ3) is 5.04. The summed E-state index contributed by atoms with van der Waals surface area (Å²) in [5.41, 5.74) is 1.47. The smallest absolute Gasteiger partial charge is 0.304 e. The Morgan fingerprint density at radius 2 is 2.04 bits per heavy atom. The number of benzene rings is 1. The van der Waals surface area contributed by atoms with Crippen molar-refractivity contribution >= 4 is 39.9 Å². The van der Waals surface area contributed by atoms with Gasteiger partial charge < -0.3 is 10.4 Å². The van der Waals surface area contributed by atoms with E-state index in [1.165, 1.54) is 11.3 Å². The first-order valence-corrected chi connectivity index (χ1v) is 8.85. The van der Waals surface area contributed by atoms with Crippen molar-refractivity contribution < 1.29 is 14.7 Å². The SMILES string of the molecule is CC(C)C[C@H](CC(=O)O)C(=O)Nc1nc(-c2ccccc2Cl)cs1. The summed E-state index contributed by atoms with van der Waals surface area (Å²) in [6, 6.07) is 7.34. The van der Waals surface area contributed by atoms with E-state index in [0.29, 0.717) is 22.3 Å². The number of thiazole rings is 1. The standard InChI is InChI=1S/C17H19ClN2O3S/c1-10(2)7-11(8-15(21)22)16(23)20-17-19-14(9-24-17)12-5-3-4-6-13(12)18/h3-6,9-11H,7-8H2,1-2H3,(H,21,22)(H,19,20,23)/t11-/m1/s1. The molecule has 1 aromatic carbocycles. The topological polar surface area (TPSA) is 79.3 Å². The summed E-state index contributed by atoms with van der Waals surface area (Å²) < 4.78 is 0. The van der Waals surface area contributed by atoms with E-state index in [9.17, 15) is 9.59 Å². The molecule has 2 rings (SSSR count). The zero-order chi connectivity index (χ0) is 17.7. The molecule has 1 amide bonds. The Hall–Kier alpha value is -1.92. The molecule has 24 heavy (non-hydrogen) atoms. The number of halogens is 1. The molecule has 2 aromatic rings. The molecule has 0 unspecified atom stereocenters. The maximum absolute atomic E-state index is 12.4. The lowest BCUT2D eigenvalue weighted by molar-refractivity contribution is -0.140. The summed E-state index contributed by atoms with van der Waals surface area (Å²) in [6.45, 7) is 3.92. The van der Waals surface area contributed by atoms with Crippen molar-refractivity contribution in [1.82, 2.24) is 4.98 Å². The van der Waals surface area contributed by atoms with Crippen LogP contribution in [0.3, 0.4) is 0 Å². The number of anilines is 1. The molecule has 0 bridgehead atoms. The molecule has 0 radical (unpaired) electrons. The van der Waals surface area contributed by atoms with Crippen LogP contribution in [0.2, 0.25) is 5.02 Å². The molecular weight excluding hydrogens is 348 g/mol.